The first-order valence-corrected chi connectivity index (χ1v) is 7.79. The first kappa shape index (κ1) is 14.8. The minimum Gasteiger partial charge on any atom is -0.508 e. The maximum Gasteiger partial charge on any atom is 0.115 e. The first-order valence-electron chi connectivity index (χ1n) is 7.00. The van der Waals surface area contributed by atoms with Crippen molar-refractivity contribution in [3.05, 3.63) is 28.2 Å². The lowest BCUT2D eigenvalue weighted by Crippen LogP contribution is -2.38. The lowest BCUT2D eigenvalue weighted by molar-refractivity contribution is 0.194. The molecule has 0 saturated carbocycles. The molecule has 0 bridgehead atoms. The van der Waals surface area contributed by atoms with Crippen LogP contribution in [0.3, 0.4) is 0 Å². The molecule has 0 spiro atoms. The summed E-state index contributed by atoms with van der Waals surface area (Å²) in [5, 5.41) is 9.57. The van der Waals surface area contributed by atoms with Crippen LogP contribution in [-0.4, -0.2) is 47.6 Å². The van der Waals surface area contributed by atoms with E-state index < -0.39 is 0 Å². The number of hydrogen-bond donors (Lipinski definition) is 1. The quantitative estimate of drug-likeness (QED) is 0.900. The van der Waals surface area contributed by atoms with Gasteiger partial charge in [0.2, 0.25) is 0 Å². The van der Waals surface area contributed by atoms with E-state index in [4.69, 9.17) is 0 Å². The Morgan fingerprint density at radius 1 is 1.47 bits per heavy atom. The van der Waals surface area contributed by atoms with Crippen molar-refractivity contribution in [1.29, 1.82) is 0 Å². The number of halogens is 1. The van der Waals surface area contributed by atoms with Crippen molar-refractivity contribution in [1.82, 2.24) is 9.80 Å². The van der Waals surface area contributed by atoms with Crippen LogP contribution in [0.15, 0.2) is 22.7 Å². The number of rotatable bonds is 5. The fraction of sp³-hybridized carbons (Fsp3) is 0.600. The molecular formula is C15H23BrN2O. The molecule has 1 aliphatic heterocycles. The van der Waals surface area contributed by atoms with E-state index in [2.05, 4.69) is 39.7 Å². The zero-order valence-electron chi connectivity index (χ0n) is 11.8. The number of benzene rings is 1. The van der Waals surface area contributed by atoms with Crippen molar-refractivity contribution < 1.29 is 5.11 Å². The average Bonchev–Trinajstić information content (AvgIpc) is 2.81. The van der Waals surface area contributed by atoms with E-state index >= 15 is 0 Å². The topological polar surface area (TPSA) is 26.7 Å². The molecule has 1 atom stereocenters. The molecule has 4 heteroatoms. The van der Waals surface area contributed by atoms with Gasteiger partial charge in [0.1, 0.15) is 5.75 Å². The van der Waals surface area contributed by atoms with Gasteiger partial charge in [-0.15, -0.1) is 0 Å². The van der Waals surface area contributed by atoms with Crippen LogP contribution in [0.2, 0.25) is 0 Å². The molecule has 106 valence electrons. The fourth-order valence-corrected chi connectivity index (χ4v) is 3.29. The number of phenols is 1. The third-order valence-electron chi connectivity index (χ3n) is 3.90. The lowest BCUT2D eigenvalue weighted by atomic mass is 10.1. The van der Waals surface area contributed by atoms with E-state index in [9.17, 15) is 5.11 Å². The number of aromatic hydroxyl groups is 1. The van der Waals surface area contributed by atoms with Crippen LogP contribution in [0, 0.1) is 0 Å². The normalized spacial score (nSPS) is 20.3. The Morgan fingerprint density at radius 2 is 2.26 bits per heavy atom. The summed E-state index contributed by atoms with van der Waals surface area (Å²) in [6.45, 7) is 6.59. The van der Waals surface area contributed by atoms with E-state index in [-0.39, 0.29) is 0 Å². The van der Waals surface area contributed by atoms with Crippen molar-refractivity contribution in [2.24, 2.45) is 0 Å². The van der Waals surface area contributed by atoms with Crippen LogP contribution in [0.4, 0.5) is 0 Å². The van der Waals surface area contributed by atoms with Gasteiger partial charge in [0.25, 0.3) is 0 Å². The summed E-state index contributed by atoms with van der Waals surface area (Å²) in [5.74, 6) is 0.336. The van der Waals surface area contributed by atoms with E-state index in [1.165, 1.54) is 19.4 Å². The highest BCUT2D eigenvalue weighted by atomic mass is 79.9. The molecule has 0 radical (unpaired) electrons. The summed E-state index contributed by atoms with van der Waals surface area (Å²) < 4.78 is 1.07. The van der Waals surface area contributed by atoms with Crippen LogP contribution in [0.5, 0.6) is 5.75 Å². The fourth-order valence-electron chi connectivity index (χ4n) is 2.92. The Labute approximate surface area is 124 Å². The number of likely N-dealkylation sites (tertiary alicyclic amines) is 1. The van der Waals surface area contributed by atoms with E-state index in [1.54, 1.807) is 6.07 Å². The van der Waals surface area contributed by atoms with E-state index in [1.807, 2.05) is 12.1 Å². The first-order chi connectivity index (χ1) is 9.10. The van der Waals surface area contributed by atoms with Crippen LogP contribution in [0.25, 0.3) is 0 Å². The molecule has 0 amide bonds. The minimum atomic E-state index is 0.336. The van der Waals surface area contributed by atoms with Gasteiger partial charge in [-0.05, 0) is 56.7 Å². The molecule has 1 heterocycles. The zero-order chi connectivity index (χ0) is 13.8. The van der Waals surface area contributed by atoms with Crippen LogP contribution in [-0.2, 0) is 6.54 Å². The molecule has 1 unspecified atom stereocenters. The Bertz CT molecular complexity index is 425. The number of likely N-dealkylation sites (N-methyl/N-ethyl adjacent to an activating group) is 2. The van der Waals surface area contributed by atoms with Gasteiger partial charge in [0.05, 0.1) is 0 Å². The second-order valence-corrected chi connectivity index (χ2v) is 6.25. The third kappa shape index (κ3) is 3.94. The highest BCUT2D eigenvalue weighted by molar-refractivity contribution is 9.10. The number of hydrogen-bond acceptors (Lipinski definition) is 3. The highest BCUT2D eigenvalue weighted by Gasteiger charge is 2.24. The Morgan fingerprint density at radius 3 is 3.00 bits per heavy atom. The molecule has 1 aromatic rings. The van der Waals surface area contributed by atoms with Crippen molar-refractivity contribution in [2.75, 3.05) is 26.7 Å². The van der Waals surface area contributed by atoms with Crippen LogP contribution in [0.1, 0.15) is 25.3 Å². The third-order valence-corrected chi connectivity index (χ3v) is 4.67. The summed E-state index contributed by atoms with van der Waals surface area (Å²) in [4.78, 5) is 4.91. The van der Waals surface area contributed by atoms with Crippen LogP contribution >= 0.6 is 15.9 Å². The summed E-state index contributed by atoms with van der Waals surface area (Å²) in [7, 11) is 2.16. The molecule has 1 aromatic carbocycles. The van der Waals surface area contributed by atoms with Gasteiger partial charge in [-0.2, -0.15) is 0 Å². The lowest BCUT2D eigenvalue weighted by Gasteiger charge is -2.28. The van der Waals surface area contributed by atoms with Crippen LogP contribution < -0.4 is 0 Å². The smallest absolute Gasteiger partial charge is 0.115 e. The predicted molar refractivity (Wildman–Crippen MR) is 82.4 cm³/mol. The van der Waals surface area contributed by atoms with Gasteiger partial charge in [0, 0.05) is 23.6 Å². The van der Waals surface area contributed by atoms with Gasteiger partial charge in [-0.25, -0.2) is 0 Å². The summed E-state index contributed by atoms with van der Waals surface area (Å²) in [6.07, 6.45) is 2.63. The Hall–Kier alpha value is -0.580. The van der Waals surface area contributed by atoms with Gasteiger partial charge in [-0.3, -0.25) is 4.90 Å². The van der Waals surface area contributed by atoms with Gasteiger partial charge in [-0.1, -0.05) is 22.9 Å². The maximum atomic E-state index is 9.57. The molecule has 2 rings (SSSR count). The Kier molecular flexibility index (Phi) is 5.25. The predicted octanol–water partition coefficient (Wildman–Crippen LogP) is 3.07. The summed E-state index contributed by atoms with van der Waals surface area (Å²) >= 11 is 3.55. The van der Waals surface area contributed by atoms with Gasteiger partial charge in [0.15, 0.2) is 0 Å². The number of phenolic OH excluding ortho intramolecular Hbond substituents is 1. The molecule has 19 heavy (non-hydrogen) atoms. The molecule has 1 N–H and O–H groups in total. The van der Waals surface area contributed by atoms with Gasteiger partial charge >= 0.3 is 0 Å². The zero-order valence-corrected chi connectivity index (χ0v) is 13.4. The van der Waals surface area contributed by atoms with Crippen molar-refractivity contribution in [2.45, 2.75) is 32.4 Å². The summed E-state index contributed by atoms with van der Waals surface area (Å²) in [6, 6.07) is 6.15. The van der Waals surface area contributed by atoms with Crippen molar-refractivity contribution in [3.63, 3.8) is 0 Å². The second-order valence-electron chi connectivity index (χ2n) is 5.40. The average molecular weight is 327 g/mol. The SMILES string of the molecule is CCN1CCCC1CN(C)Cc1cc(O)ccc1Br. The molecule has 1 aliphatic rings. The molecule has 1 saturated heterocycles. The maximum absolute atomic E-state index is 9.57. The number of nitrogens with zero attached hydrogens (tertiary/aromatic N) is 2. The van der Waals surface area contributed by atoms with Gasteiger partial charge < -0.3 is 10.0 Å². The highest BCUT2D eigenvalue weighted by Crippen LogP contribution is 2.24. The van der Waals surface area contributed by atoms with E-state index in [0.717, 1.165) is 29.7 Å². The van der Waals surface area contributed by atoms with E-state index in [0.29, 0.717) is 11.8 Å². The molecule has 1 fully saturated rings. The molecule has 3 nitrogen and oxygen atoms in total. The second kappa shape index (κ2) is 6.73. The monoisotopic (exact) mass is 326 g/mol. The molecular weight excluding hydrogens is 304 g/mol. The Balaban J connectivity index is 1.93. The summed E-state index contributed by atoms with van der Waals surface area (Å²) in [5.41, 5.74) is 1.14. The standard InChI is InChI=1S/C15H23BrN2O/c1-3-18-8-4-5-13(18)11-17(2)10-12-9-14(19)6-7-15(12)16/h6-7,9,13,19H,3-5,8,10-11H2,1-2H3. The van der Waals surface area contributed by atoms with Crippen molar-refractivity contribution in [3.8, 4) is 5.75 Å². The minimum absolute atomic E-state index is 0.336. The van der Waals surface area contributed by atoms with Crippen molar-refractivity contribution >= 4 is 15.9 Å². The molecule has 0 aliphatic carbocycles. The molecule has 0 aromatic heterocycles. The largest absolute Gasteiger partial charge is 0.508 e.